The van der Waals surface area contributed by atoms with Gasteiger partial charge in [0.1, 0.15) is 5.82 Å². The van der Waals surface area contributed by atoms with Crippen molar-refractivity contribution in [3.8, 4) is 0 Å². The number of imidazole rings is 1. The fraction of sp³-hybridized carbons (Fsp3) is 0. The maximum Gasteiger partial charge on any atom is 0.167 e. The van der Waals surface area contributed by atoms with Gasteiger partial charge in [-0.1, -0.05) is 18.2 Å². The van der Waals surface area contributed by atoms with Gasteiger partial charge < -0.3 is 4.98 Å². The molecule has 0 bridgehead atoms. The molecule has 0 aliphatic rings. The van der Waals surface area contributed by atoms with Crippen molar-refractivity contribution >= 4 is 12.2 Å². The first kappa shape index (κ1) is 9.40. The molecule has 0 aliphatic carbocycles. The predicted molar refractivity (Wildman–Crippen MR) is 59.7 cm³/mol. The number of pyridine rings is 1. The third-order valence-corrected chi connectivity index (χ3v) is 1.92. The summed E-state index contributed by atoms with van der Waals surface area (Å²) in [7, 11) is 0. The summed E-state index contributed by atoms with van der Waals surface area (Å²) in [4.78, 5) is 10.1. The van der Waals surface area contributed by atoms with Crippen LogP contribution in [0.4, 0.5) is 0 Å². The van der Waals surface area contributed by atoms with Gasteiger partial charge in [-0.25, -0.2) is 9.97 Å². The van der Waals surface area contributed by atoms with E-state index in [1.54, 1.807) is 12.4 Å². The Morgan fingerprint density at radius 3 is 2.67 bits per heavy atom. The van der Waals surface area contributed by atoms with E-state index in [9.17, 15) is 0 Å². The van der Waals surface area contributed by atoms with E-state index in [-0.39, 0.29) is 0 Å². The molecule has 2 aromatic rings. The fourth-order valence-corrected chi connectivity index (χ4v) is 1.19. The summed E-state index contributed by atoms with van der Waals surface area (Å²) < 4.78 is 0. The highest BCUT2D eigenvalue weighted by Gasteiger charge is 1.85. The van der Waals surface area contributed by atoms with Gasteiger partial charge in [-0.15, -0.1) is 0 Å². The normalized spacial score (nSPS) is 11.5. The molecule has 15 heavy (non-hydrogen) atoms. The lowest BCUT2D eigenvalue weighted by molar-refractivity contribution is -0.378. The van der Waals surface area contributed by atoms with Crippen LogP contribution in [0.5, 0.6) is 0 Å². The first-order valence-electron chi connectivity index (χ1n) is 4.75. The second-order valence-electron chi connectivity index (χ2n) is 3.03. The van der Waals surface area contributed by atoms with Crippen LogP contribution in [0.2, 0.25) is 0 Å². The Labute approximate surface area is 88.2 Å². The summed E-state index contributed by atoms with van der Waals surface area (Å²) in [6.07, 6.45) is 15.2. The van der Waals surface area contributed by atoms with Gasteiger partial charge in [-0.2, -0.15) is 0 Å². The molecular formula is C12H12N3+. The van der Waals surface area contributed by atoms with Gasteiger partial charge in [0.05, 0.1) is 0 Å². The molecule has 0 saturated heterocycles. The smallest absolute Gasteiger partial charge is 0.167 e. The van der Waals surface area contributed by atoms with Crippen LogP contribution in [0.1, 0.15) is 11.4 Å². The standard InChI is InChI=1S/C12H11N3/c1(2-4-12-14-9-10-15-12)3-11-5-7-13-8-6-11/h1-10H,(H,14,15)/p+1/b3-1+,4-2+. The topological polar surface area (TPSA) is 42.8 Å². The van der Waals surface area contributed by atoms with Crippen molar-refractivity contribution in [2.75, 3.05) is 0 Å². The molecule has 0 saturated carbocycles. The molecule has 2 heterocycles. The van der Waals surface area contributed by atoms with Crippen molar-refractivity contribution in [1.82, 2.24) is 9.97 Å². The van der Waals surface area contributed by atoms with Crippen LogP contribution in [0, 0.1) is 0 Å². The zero-order chi connectivity index (χ0) is 10.3. The molecule has 3 nitrogen and oxygen atoms in total. The van der Waals surface area contributed by atoms with Gasteiger partial charge >= 0.3 is 0 Å². The number of nitrogens with one attached hydrogen (secondary N) is 2. The Bertz CT molecular complexity index is 441. The quantitative estimate of drug-likeness (QED) is 0.752. The van der Waals surface area contributed by atoms with E-state index in [1.165, 1.54) is 0 Å². The first-order chi connectivity index (χ1) is 7.45. The Kier molecular flexibility index (Phi) is 3.07. The molecule has 0 spiro atoms. The van der Waals surface area contributed by atoms with E-state index in [0.717, 1.165) is 11.4 Å². The van der Waals surface area contributed by atoms with E-state index in [1.807, 2.05) is 48.8 Å². The zero-order valence-corrected chi connectivity index (χ0v) is 8.22. The van der Waals surface area contributed by atoms with Crippen molar-refractivity contribution in [2.24, 2.45) is 0 Å². The third-order valence-electron chi connectivity index (χ3n) is 1.92. The number of H-pyrrole nitrogens is 2. The summed E-state index contributed by atoms with van der Waals surface area (Å²) in [6.45, 7) is 0. The predicted octanol–water partition coefficient (Wildman–Crippen LogP) is 1.95. The number of hydrogen-bond donors (Lipinski definition) is 1. The summed E-state index contributed by atoms with van der Waals surface area (Å²) in [5.41, 5.74) is 1.16. The highest BCUT2D eigenvalue weighted by Crippen LogP contribution is 1.99. The average molecular weight is 198 g/mol. The zero-order valence-electron chi connectivity index (χ0n) is 8.22. The molecule has 3 heteroatoms. The third kappa shape index (κ3) is 2.91. The minimum absolute atomic E-state index is 0.862. The summed E-state index contributed by atoms with van der Waals surface area (Å²) in [5, 5.41) is 0. The van der Waals surface area contributed by atoms with E-state index >= 15 is 0 Å². The molecule has 0 radical (unpaired) electrons. The van der Waals surface area contributed by atoms with E-state index < -0.39 is 0 Å². The van der Waals surface area contributed by atoms with Gasteiger partial charge in [-0.3, -0.25) is 0 Å². The van der Waals surface area contributed by atoms with Crippen LogP contribution in [-0.2, 0) is 0 Å². The monoisotopic (exact) mass is 198 g/mol. The maximum absolute atomic E-state index is 4.08. The van der Waals surface area contributed by atoms with Gasteiger partial charge in [-0.05, 0) is 11.6 Å². The van der Waals surface area contributed by atoms with E-state index in [2.05, 4.69) is 15.0 Å². The number of aromatic amines is 2. The van der Waals surface area contributed by atoms with Crippen LogP contribution >= 0.6 is 0 Å². The Balaban J connectivity index is 1.96. The van der Waals surface area contributed by atoms with Crippen LogP contribution in [0.3, 0.4) is 0 Å². The molecule has 2 aromatic heterocycles. The van der Waals surface area contributed by atoms with Crippen molar-refractivity contribution in [3.05, 3.63) is 60.5 Å². The minimum atomic E-state index is 0.862. The van der Waals surface area contributed by atoms with Crippen molar-refractivity contribution in [1.29, 1.82) is 0 Å². The lowest BCUT2D eigenvalue weighted by atomic mass is 10.2. The van der Waals surface area contributed by atoms with E-state index in [4.69, 9.17) is 0 Å². The summed E-state index contributed by atoms with van der Waals surface area (Å²) >= 11 is 0. The number of nitrogens with zero attached hydrogens (tertiary/aromatic N) is 1. The second-order valence-corrected chi connectivity index (χ2v) is 3.03. The van der Waals surface area contributed by atoms with Crippen LogP contribution in [0.15, 0.2) is 49.1 Å². The molecule has 0 atom stereocenters. The Morgan fingerprint density at radius 2 is 1.93 bits per heavy atom. The fourth-order valence-electron chi connectivity index (χ4n) is 1.19. The van der Waals surface area contributed by atoms with Gasteiger partial charge in [0, 0.05) is 24.5 Å². The molecule has 74 valence electrons. The van der Waals surface area contributed by atoms with Gasteiger partial charge in [0.25, 0.3) is 0 Å². The highest BCUT2D eigenvalue weighted by atomic mass is 14.9. The molecule has 0 unspecified atom stereocenters. The molecule has 0 aliphatic heterocycles. The van der Waals surface area contributed by atoms with Crippen LogP contribution < -0.4 is 4.98 Å². The van der Waals surface area contributed by atoms with Gasteiger partial charge in [0.15, 0.2) is 12.4 Å². The van der Waals surface area contributed by atoms with Crippen LogP contribution in [-0.4, -0.2) is 9.97 Å². The first-order valence-corrected chi connectivity index (χ1v) is 4.75. The minimum Gasteiger partial charge on any atom is -0.345 e. The highest BCUT2D eigenvalue weighted by molar-refractivity contribution is 5.53. The number of allylic oxidation sites excluding steroid dienone is 2. The second kappa shape index (κ2) is 4.91. The molecular weight excluding hydrogens is 186 g/mol. The van der Waals surface area contributed by atoms with Crippen molar-refractivity contribution in [3.63, 3.8) is 0 Å². The average Bonchev–Trinajstić information content (AvgIpc) is 2.79. The lowest BCUT2D eigenvalue weighted by Crippen LogP contribution is -1.96. The number of rotatable bonds is 3. The molecule has 0 aromatic carbocycles. The maximum atomic E-state index is 4.08. The Morgan fingerprint density at radius 1 is 1.13 bits per heavy atom. The van der Waals surface area contributed by atoms with Crippen LogP contribution in [0.25, 0.3) is 12.2 Å². The summed E-state index contributed by atoms with van der Waals surface area (Å²) in [6, 6.07) is 4.02. The van der Waals surface area contributed by atoms with Crippen molar-refractivity contribution in [2.45, 2.75) is 0 Å². The van der Waals surface area contributed by atoms with E-state index in [0.29, 0.717) is 0 Å². The number of aromatic nitrogens is 3. The molecule has 2 N–H and O–H groups in total. The lowest BCUT2D eigenvalue weighted by Gasteiger charge is -1.85. The summed E-state index contributed by atoms with van der Waals surface area (Å²) in [5.74, 6) is 0.862. The molecule has 2 rings (SSSR count). The molecule has 0 amide bonds. The largest absolute Gasteiger partial charge is 0.345 e. The number of hydrogen-bond acceptors (Lipinski definition) is 1. The Hall–Kier alpha value is -2.16. The van der Waals surface area contributed by atoms with Gasteiger partial charge in [0.2, 0.25) is 0 Å². The van der Waals surface area contributed by atoms with Crippen molar-refractivity contribution < 1.29 is 4.98 Å². The molecule has 0 fully saturated rings. The SMILES string of the molecule is C(/C=C/c1ncc[nH]1)=C\c1cc[nH+]cc1.